The molecule has 3 aromatic rings. The van der Waals surface area contributed by atoms with Gasteiger partial charge in [-0.25, -0.2) is 0 Å². The summed E-state index contributed by atoms with van der Waals surface area (Å²) in [5.74, 6) is 0.285. The molecule has 1 aromatic heterocycles. The van der Waals surface area contributed by atoms with Crippen LogP contribution in [0.1, 0.15) is 22.0 Å². The molecular weight excluding hydrogens is 280 g/mol. The molecule has 0 bridgehead atoms. The van der Waals surface area contributed by atoms with Crippen molar-refractivity contribution in [2.24, 2.45) is 0 Å². The third kappa shape index (κ3) is 3.48. The lowest BCUT2D eigenvalue weighted by atomic mass is 9.98. The highest BCUT2D eigenvalue weighted by Gasteiger charge is 2.13. The van der Waals surface area contributed by atoms with E-state index in [1.54, 1.807) is 23.5 Å². The van der Waals surface area contributed by atoms with Crippen molar-refractivity contribution in [3.05, 3.63) is 82.3 Å². The number of hydrogen-bond donors (Lipinski definition) is 2. The Morgan fingerprint density at radius 3 is 2.38 bits per heavy atom. The minimum Gasteiger partial charge on any atom is -0.508 e. The van der Waals surface area contributed by atoms with Crippen LogP contribution in [0.2, 0.25) is 0 Å². The summed E-state index contributed by atoms with van der Waals surface area (Å²) in [4.78, 5) is 5.31. The number of phenols is 1. The Balaban J connectivity index is 1.85. The van der Waals surface area contributed by atoms with E-state index in [0.717, 1.165) is 12.1 Å². The molecule has 0 spiro atoms. The van der Waals surface area contributed by atoms with E-state index in [9.17, 15) is 5.11 Å². The summed E-state index contributed by atoms with van der Waals surface area (Å²) in [7, 11) is 0. The molecule has 3 nitrogen and oxygen atoms in total. The standard InChI is InChI=1S/C17H16N2OS/c20-15-8-6-14(7-9-15)17(13-4-2-1-3-5-13)19-11-16-10-18-12-21-16/h1-10,12,17,19-20H,11H2. The van der Waals surface area contributed by atoms with Crippen LogP contribution < -0.4 is 5.32 Å². The lowest BCUT2D eigenvalue weighted by Gasteiger charge is -2.19. The molecule has 1 atom stereocenters. The number of aromatic nitrogens is 1. The smallest absolute Gasteiger partial charge is 0.115 e. The molecule has 0 saturated carbocycles. The van der Waals surface area contributed by atoms with Gasteiger partial charge in [0.15, 0.2) is 0 Å². The van der Waals surface area contributed by atoms with Crippen LogP contribution in [0.25, 0.3) is 0 Å². The average Bonchev–Trinajstić information content (AvgIpc) is 3.04. The second-order valence-corrected chi connectivity index (χ2v) is 5.75. The van der Waals surface area contributed by atoms with E-state index in [4.69, 9.17) is 0 Å². The van der Waals surface area contributed by atoms with E-state index in [2.05, 4.69) is 22.4 Å². The van der Waals surface area contributed by atoms with Gasteiger partial charge in [-0.1, -0.05) is 42.5 Å². The first-order chi connectivity index (χ1) is 10.3. The zero-order valence-electron chi connectivity index (χ0n) is 11.4. The number of benzene rings is 2. The Morgan fingerprint density at radius 2 is 1.71 bits per heavy atom. The minimum absolute atomic E-state index is 0.0916. The minimum atomic E-state index is 0.0916. The normalized spacial score (nSPS) is 12.2. The summed E-state index contributed by atoms with van der Waals surface area (Å²) in [6.45, 7) is 0.769. The number of aromatic hydroxyl groups is 1. The van der Waals surface area contributed by atoms with E-state index in [0.29, 0.717) is 0 Å². The number of phenolic OH excluding ortho intramolecular Hbond substituents is 1. The van der Waals surface area contributed by atoms with Gasteiger partial charge in [0.05, 0.1) is 11.6 Å². The molecule has 0 fully saturated rings. The molecule has 3 rings (SSSR count). The number of nitrogens with zero attached hydrogens (tertiary/aromatic N) is 1. The highest BCUT2D eigenvalue weighted by molar-refractivity contribution is 7.09. The molecule has 0 aliphatic heterocycles. The molecule has 0 aliphatic rings. The van der Waals surface area contributed by atoms with Crippen LogP contribution in [0.15, 0.2) is 66.3 Å². The molecule has 1 unspecified atom stereocenters. The van der Waals surface area contributed by atoms with Crippen LogP contribution in [0.4, 0.5) is 0 Å². The molecule has 4 heteroatoms. The van der Waals surface area contributed by atoms with Crippen molar-refractivity contribution in [1.82, 2.24) is 10.3 Å². The maximum Gasteiger partial charge on any atom is 0.115 e. The fraction of sp³-hybridized carbons (Fsp3) is 0.118. The topological polar surface area (TPSA) is 45.1 Å². The van der Waals surface area contributed by atoms with Crippen molar-refractivity contribution in [1.29, 1.82) is 0 Å². The van der Waals surface area contributed by atoms with Crippen molar-refractivity contribution in [3.63, 3.8) is 0 Å². The van der Waals surface area contributed by atoms with Gasteiger partial charge in [0, 0.05) is 17.6 Å². The molecule has 0 radical (unpaired) electrons. The molecule has 0 saturated heterocycles. The predicted molar refractivity (Wildman–Crippen MR) is 85.3 cm³/mol. The maximum absolute atomic E-state index is 9.46. The zero-order chi connectivity index (χ0) is 14.5. The van der Waals surface area contributed by atoms with E-state index >= 15 is 0 Å². The van der Waals surface area contributed by atoms with Gasteiger partial charge in [-0.2, -0.15) is 0 Å². The number of thiazole rings is 1. The average molecular weight is 296 g/mol. The first-order valence-corrected chi connectivity index (χ1v) is 7.65. The van der Waals surface area contributed by atoms with Crippen LogP contribution in [0.3, 0.4) is 0 Å². The van der Waals surface area contributed by atoms with Crippen LogP contribution in [-0.4, -0.2) is 10.1 Å². The van der Waals surface area contributed by atoms with Gasteiger partial charge in [-0.05, 0) is 23.3 Å². The van der Waals surface area contributed by atoms with Crippen molar-refractivity contribution >= 4 is 11.3 Å². The van der Waals surface area contributed by atoms with Crippen LogP contribution in [0.5, 0.6) is 5.75 Å². The summed E-state index contributed by atoms with van der Waals surface area (Å²) in [6.07, 6.45) is 1.89. The fourth-order valence-electron chi connectivity index (χ4n) is 2.27. The van der Waals surface area contributed by atoms with E-state index in [-0.39, 0.29) is 11.8 Å². The fourth-order valence-corrected chi connectivity index (χ4v) is 2.82. The second kappa shape index (κ2) is 6.52. The molecule has 1 heterocycles. The molecule has 2 N–H and O–H groups in total. The summed E-state index contributed by atoms with van der Waals surface area (Å²) in [5.41, 5.74) is 4.17. The first-order valence-electron chi connectivity index (χ1n) is 6.77. The monoisotopic (exact) mass is 296 g/mol. The molecule has 21 heavy (non-hydrogen) atoms. The third-order valence-electron chi connectivity index (χ3n) is 3.32. The Morgan fingerprint density at radius 1 is 1.00 bits per heavy atom. The Bertz CT molecular complexity index is 666. The van der Waals surface area contributed by atoms with Gasteiger partial charge in [0.1, 0.15) is 5.75 Å². The van der Waals surface area contributed by atoms with Gasteiger partial charge in [-0.15, -0.1) is 11.3 Å². The summed E-state index contributed by atoms with van der Waals surface area (Å²) in [5, 5.41) is 13.0. The quantitative estimate of drug-likeness (QED) is 0.754. The SMILES string of the molecule is Oc1ccc(C(NCc2cncs2)c2ccccc2)cc1. The van der Waals surface area contributed by atoms with Gasteiger partial charge < -0.3 is 10.4 Å². The largest absolute Gasteiger partial charge is 0.508 e. The third-order valence-corrected chi connectivity index (χ3v) is 4.10. The number of rotatable bonds is 5. The number of hydrogen-bond acceptors (Lipinski definition) is 4. The van der Waals surface area contributed by atoms with Crippen molar-refractivity contribution in [3.8, 4) is 5.75 Å². The highest BCUT2D eigenvalue weighted by atomic mass is 32.1. The van der Waals surface area contributed by atoms with Gasteiger partial charge >= 0.3 is 0 Å². The maximum atomic E-state index is 9.46. The molecule has 2 aromatic carbocycles. The Hall–Kier alpha value is -2.17. The van der Waals surface area contributed by atoms with Gasteiger partial charge in [0.25, 0.3) is 0 Å². The van der Waals surface area contributed by atoms with E-state index in [1.165, 1.54) is 10.4 Å². The Labute approximate surface area is 127 Å². The second-order valence-electron chi connectivity index (χ2n) is 4.78. The summed E-state index contributed by atoms with van der Waals surface area (Å²) in [6, 6.07) is 17.7. The highest BCUT2D eigenvalue weighted by Crippen LogP contribution is 2.24. The van der Waals surface area contributed by atoms with Crippen molar-refractivity contribution in [2.75, 3.05) is 0 Å². The van der Waals surface area contributed by atoms with Crippen LogP contribution in [-0.2, 0) is 6.54 Å². The van der Waals surface area contributed by atoms with Crippen LogP contribution >= 0.6 is 11.3 Å². The van der Waals surface area contributed by atoms with Crippen molar-refractivity contribution < 1.29 is 5.11 Å². The lowest BCUT2D eigenvalue weighted by Crippen LogP contribution is -2.21. The lowest BCUT2D eigenvalue weighted by molar-refractivity contribution is 0.474. The predicted octanol–water partition coefficient (Wildman–Crippen LogP) is 3.73. The molecular formula is C17H16N2OS. The molecule has 0 amide bonds. The summed E-state index contributed by atoms with van der Waals surface area (Å²) < 4.78 is 0. The number of nitrogens with one attached hydrogen (secondary N) is 1. The van der Waals surface area contributed by atoms with Gasteiger partial charge in [-0.3, -0.25) is 4.98 Å². The van der Waals surface area contributed by atoms with Gasteiger partial charge in [0.2, 0.25) is 0 Å². The zero-order valence-corrected chi connectivity index (χ0v) is 12.3. The van der Waals surface area contributed by atoms with E-state index < -0.39 is 0 Å². The molecule has 0 aliphatic carbocycles. The Kier molecular flexibility index (Phi) is 4.28. The summed E-state index contributed by atoms with van der Waals surface area (Å²) >= 11 is 1.64. The van der Waals surface area contributed by atoms with Crippen LogP contribution in [0, 0.1) is 0 Å². The first kappa shape index (κ1) is 13.8. The van der Waals surface area contributed by atoms with E-state index in [1.807, 2.05) is 42.0 Å². The molecule has 106 valence electrons. The van der Waals surface area contributed by atoms with Crippen molar-refractivity contribution in [2.45, 2.75) is 12.6 Å².